The van der Waals surface area contributed by atoms with E-state index in [9.17, 15) is 0 Å². The van der Waals surface area contributed by atoms with Gasteiger partial charge in [-0.05, 0) is 5.75 Å². The van der Waals surface area contributed by atoms with Gasteiger partial charge >= 0.3 is 0 Å². The van der Waals surface area contributed by atoms with Crippen LogP contribution in [0.3, 0.4) is 0 Å². The molecule has 0 aromatic rings. The van der Waals surface area contributed by atoms with Crippen molar-refractivity contribution in [2.45, 2.75) is 20.8 Å². The third-order valence-electron chi connectivity index (χ3n) is 0.805. The van der Waals surface area contributed by atoms with Crippen LogP contribution < -0.4 is 5.73 Å². The molecule has 1 unspecified atom stereocenters. The van der Waals surface area contributed by atoms with Crippen LogP contribution in [-0.2, 0) is 0 Å². The van der Waals surface area contributed by atoms with Crippen molar-refractivity contribution in [2.24, 2.45) is 11.7 Å². The predicted molar refractivity (Wildman–Crippen MR) is 46.3 cm³/mol. The number of thiol groups is 1. The van der Waals surface area contributed by atoms with Crippen molar-refractivity contribution in [3.05, 3.63) is 0 Å². The van der Waals surface area contributed by atoms with Gasteiger partial charge in [-0.2, -0.15) is 12.6 Å². The summed E-state index contributed by atoms with van der Waals surface area (Å²) in [6.07, 6.45) is 0. The molecule has 2 nitrogen and oxygen atoms in total. The fourth-order valence-corrected chi connectivity index (χ4v) is 0.295. The van der Waals surface area contributed by atoms with E-state index >= 15 is 0 Å². The molecule has 0 saturated carbocycles. The lowest BCUT2D eigenvalue weighted by atomic mass is 10.2. The molecule has 0 spiro atoms. The summed E-state index contributed by atoms with van der Waals surface area (Å²) in [6.45, 7) is 5.87. The summed E-state index contributed by atoms with van der Waals surface area (Å²) in [4.78, 5) is 0. The second-order valence-corrected chi connectivity index (χ2v) is 1.90. The van der Waals surface area contributed by atoms with Crippen LogP contribution in [0.15, 0.2) is 0 Å². The number of hydrogen-bond donors (Lipinski definition) is 3. The van der Waals surface area contributed by atoms with Crippen molar-refractivity contribution in [2.75, 3.05) is 5.75 Å². The predicted octanol–water partition coefficient (Wildman–Crippen LogP) is 1.51. The Hall–Kier alpha value is -0.180. The smallest absolute Gasteiger partial charge is 0.0942 e. The van der Waals surface area contributed by atoms with Gasteiger partial charge in [0.1, 0.15) is 0 Å². The van der Waals surface area contributed by atoms with E-state index in [4.69, 9.17) is 11.1 Å². The number of nitrogens with two attached hydrogens (primary N) is 1. The summed E-state index contributed by atoms with van der Waals surface area (Å²) < 4.78 is 0. The monoisotopic (exact) mass is 148 g/mol. The van der Waals surface area contributed by atoms with Crippen LogP contribution in [0.4, 0.5) is 0 Å². The SMILES string of the molecule is CC.CC(CS)C(=N)N. The normalized spacial score (nSPS) is 11.1. The van der Waals surface area contributed by atoms with E-state index in [0.29, 0.717) is 5.75 Å². The van der Waals surface area contributed by atoms with E-state index in [1.54, 1.807) is 0 Å². The van der Waals surface area contributed by atoms with Crippen molar-refractivity contribution in [1.29, 1.82) is 5.41 Å². The molecule has 3 heteroatoms. The zero-order valence-electron chi connectivity index (χ0n) is 6.31. The second-order valence-electron chi connectivity index (χ2n) is 1.54. The molecule has 0 aromatic carbocycles. The lowest BCUT2D eigenvalue weighted by Gasteiger charge is -2.01. The van der Waals surface area contributed by atoms with E-state index in [1.807, 2.05) is 20.8 Å². The highest BCUT2D eigenvalue weighted by Gasteiger charge is 1.98. The average molecular weight is 148 g/mol. The fourth-order valence-electron chi connectivity index (χ4n) is 0.0983. The number of rotatable bonds is 2. The summed E-state index contributed by atoms with van der Waals surface area (Å²) >= 11 is 3.93. The van der Waals surface area contributed by atoms with E-state index in [-0.39, 0.29) is 11.8 Å². The van der Waals surface area contributed by atoms with Crippen LogP contribution in [0.2, 0.25) is 0 Å². The van der Waals surface area contributed by atoms with E-state index < -0.39 is 0 Å². The summed E-state index contributed by atoms with van der Waals surface area (Å²) in [5.41, 5.74) is 5.08. The van der Waals surface area contributed by atoms with E-state index in [0.717, 1.165) is 0 Å². The summed E-state index contributed by atoms with van der Waals surface area (Å²) in [5.74, 6) is 1.01. The van der Waals surface area contributed by atoms with E-state index in [1.165, 1.54) is 0 Å². The van der Waals surface area contributed by atoms with Crippen molar-refractivity contribution in [3.63, 3.8) is 0 Å². The molecule has 0 saturated heterocycles. The van der Waals surface area contributed by atoms with Gasteiger partial charge in [-0.15, -0.1) is 0 Å². The van der Waals surface area contributed by atoms with Crippen molar-refractivity contribution >= 4 is 18.5 Å². The molecule has 0 heterocycles. The molecule has 9 heavy (non-hydrogen) atoms. The highest BCUT2D eigenvalue weighted by atomic mass is 32.1. The minimum Gasteiger partial charge on any atom is -0.387 e. The van der Waals surface area contributed by atoms with Gasteiger partial charge < -0.3 is 5.73 Å². The number of nitrogens with one attached hydrogen (secondary N) is 1. The minimum absolute atomic E-state index is 0.128. The molecular weight excluding hydrogens is 132 g/mol. The lowest BCUT2D eigenvalue weighted by Crippen LogP contribution is -2.20. The molecule has 0 amide bonds. The molecule has 0 bridgehead atoms. The maximum absolute atomic E-state index is 6.83. The maximum atomic E-state index is 6.83. The first kappa shape index (κ1) is 11.6. The highest BCUT2D eigenvalue weighted by molar-refractivity contribution is 7.80. The first-order valence-corrected chi connectivity index (χ1v) is 3.76. The maximum Gasteiger partial charge on any atom is 0.0942 e. The molecular formula is C6H16N2S. The van der Waals surface area contributed by atoms with Gasteiger partial charge in [0, 0.05) is 5.92 Å². The topological polar surface area (TPSA) is 49.9 Å². The Balaban J connectivity index is 0. The summed E-state index contributed by atoms with van der Waals surface area (Å²) in [6, 6.07) is 0. The molecule has 1 atom stereocenters. The van der Waals surface area contributed by atoms with Crippen LogP contribution in [0.5, 0.6) is 0 Å². The zero-order valence-corrected chi connectivity index (χ0v) is 7.20. The van der Waals surface area contributed by atoms with Gasteiger partial charge in [0.2, 0.25) is 0 Å². The first-order valence-electron chi connectivity index (χ1n) is 3.13. The quantitative estimate of drug-likeness (QED) is 0.310. The molecule has 0 aliphatic carbocycles. The van der Waals surface area contributed by atoms with Crippen LogP contribution in [0.25, 0.3) is 0 Å². The average Bonchev–Trinajstić information content (AvgIpc) is 1.91. The second kappa shape index (κ2) is 7.82. The van der Waals surface area contributed by atoms with Crippen LogP contribution in [-0.4, -0.2) is 11.6 Å². The Morgan fingerprint density at radius 2 is 2.00 bits per heavy atom. The van der Waals surface area contributed by atoms with Crippen LogP contribution in [0, 0.1) is 11.3 Å². The molecule has 0 aliphatic rings. The van der Waals surface area contributed by atoms with Crippen LogP contribution >= 0.6 is 12.6 Å². The highest BCUT2D eigenvalue weighted by Crippen LogP contribution is 1.93. The lowest BCUT2D eigenvalue weighted by molar-refractivity contribution is 0.883. The Kier molecular flexibility index (Phi) is 10.1. The Bertz CT molecular complexity index is 73.5. The molecule has 0 radical (unpaired) electrons. The molecule has 0 aromatic heterocycles. The largest absolute Gasteiger partial charge is 0.387 e. The first-order chi connectivity index (χ1) is 4.18. The standard InChI is InChI=1S/C4H10N2S.C2H6/c1-3(2-7)4(5)6;1-2/h3,7H,2H2,1H3,(H3,5,6);1-2H3. The Morgan fingerprint density at radius 3 is 2.00 bits per heavy atom. The molecule has 56 valence electrons. The van der Waals surface area contributed by atoms with Gasteiger partial charge in [-0.1, -0.05) is 20.8 Å². The van der Waals surface area contributed by atoms with Gasteiger partial charge in [0.05, 0.1) is 5.84 Å². The molecule has 0 rings (SSSR count). The van der Waals surface area contributed by atoms with Crippen molar-refractivity contribution in [1.82, 2.24) is 0 Å². The molecule has 0 aliphatic heterocycles. The van der Waals surface area contributed by atoms with E-state index in [2.05, 4.69) is 12.6 Å². The third kappa shape index (κ3) is 7.82. The van der Waals surface area contributed by atoms with Crippen molar-refractivity contribution < 1.29 is 0 Å². The summed E-state index contributed by atoms with van der Waals surface area (Å²) in [5, 5.41) is 6.83. The fraction of sp³-hybridized carbons (Fsp3) is 0.833. The number of hydrogen-bond acceptors (Lipinski definition) is 2. The van der Waals surface area contributed by atoms with Gasteiger partial charge in [0.25, 0.3) is 0 Å². The minimum atomic E-state index is 0.128. The molecule has 3 N–H and O–H groups in total. The Morgan fingerprint density at radius 1 is 1.67 bits per heavy atom. The number of amidine groups is 1. The molecule has 0 fully saturated rings. The van der Waals surface area contributed by atoms with Crippen molar-refractivity contribution in [3.8, 4) is 0 Å². The third-order valence-corrected chi connectivity index (χ3v) is 1.35. The zero-order chi connectivity index (χ0) is 7.86. The van der Waals surface area contributed by atoms with Gasteiger partial charge in [-0.25, -0.2) is 0 Å². The van der Waals surface area contributed by atoms with Gasteiger partial charge in [0.15, 0.2) is 0 Å². The summed E-state index contributed by atoms with van der Waals surface area (Å²) in [7, 11) is 0. The van der Waals surface area contributed by atoms with Gasteiger partial charge in [-0.3, -0.25) is 5.41 Å². The Labute approximate surface area is 62.8 Å². The van der Waals surface area contributed by atoms with Crippen LogP contribution in [0.1, 0.15) is 20.8 Å².